The number of hydrogen-bond donors (Lipinski definition) is 1. The van der Waals surface area contributed by atoms with Crippen LogP contribution in [0, 0.1) is 0 Å². The summed E-state index contributed by atoms with van der Waals surface area (Å²) >= 11 is 0. The van der Waals surface area contributed by atoms with Crippen LogP contribution in [0.15, 0.2) is 54.5 Å². The van der Waals surface area contributed by atoms with Crippen LogP contribution in [0.25, 0.3) is 22.2 Å². The maximum absolute atomic E-state index is 12.8. The van der Waals surface area contributed by atoms with Gasteiger partial charge in [-0.05, 0) is 26.0 Å². The van der Waals surface area contributed by atoms with Gasteiger partial charge in [-0.25, -0.2) is 9.78 Å². The molecule has 0 bridgehead atoms. The molecular formula is C20H20N4O3. The van der Waals surface area contributed by atoms with Gasteiger partial charge in [-0.1, -0.05) is 18.2 Å². The first-order valence-corrected chi connectivity index (χ1v) is 8.53. The molecule has 0 saturated heterocycles. The van der Waals surface area contributed by atoms with Crippen molar-refractivity contribution in [3.05, 3.63) is 60.1 Å². The summed E-state index contributed by atoms with van der Waals surface area (Å²) < 4.78 is 6.54. The summed E-state index contributed by atoms with van der Waals surface area (Å²) in [4.78, 5) is 29.0. The minimum absolute atomic E-state index is 0.278. The van der Waals surface area contributed by atoms with Gasteiger partial charge in [-0.2, -0.15) is 5.10 Å². The van der Waals surface area contributed by atoms with Gasteiger partial charge in [-0.3, -0.25) is 9.48 Å². The summed E-state index contributed by atoms with van der Waals surface area (Å²) in [6.45, 7) is 3.64. The average molecular weight is 364 g/mol. The van der Waals surface area contributed by atoms with Crippen molar-refractivity contribution < 1.29 is 14.3 Å². The summed E-state index contributed by atoms with van der Waals surface area (Å²) in [5, 5.41) is 7.62. The molecule has 2 aromatic heterocycles. The van der Waals surface area contributed by atoms with E-state index in [1.54, 1.807) is 30.8 Å². The largest absolute Gasteiger partial charge is 0.463 e. The lowest BCUT2D eigenvalue weighted by atomic mass is 10.0. The second-order valence-corrected chi connectivity index (χ2v) is 6.01. The molecule has 138 valence electrons. The molecule has 0 unspecified atom stereocenters. The fourth-order valence-corrected chi connectivity index (χ4v) is 2.71. The quantitative estimate of drug-likeness (QED) is 0.556. The monoisotopic (exact) mass is 364 g/mol. The maximum atomic E-state index is 12.8. The molecule has 7 nitrogen and oxygen atoms in total. The first-order chi connectivity index (χ1) is 13.0. The Morgan fingerprint density at radius 2 is 2.07 bits per heavy atom. The Morgan fingerprint density at radius 1 is 1.30 bits per heavy atom. The first kappa shape index (κ1) is 18.3. The highest BCUT2D eigenvalue weighted by Gasteiger charge is 2.15. The predicted octanol–water partition coefficient (Wildman–Crippen LogP) is 2.83. The molecule has 0 atom stereocenters. The molecule has 2 heterocycles. The second kappa shape index (κ2) is 7.82. The van der Waals surface area contributed by atoms with E-state index >= 15 is 0 Å². The highest BCUT2D eigenvalue weighted by molar-refractivity contribution is 6.08. The van der Waals surface area contributed by atoms with E-state index in [9.17, 15) is 9.59 Å². The number of fused-ring (bicyclic) bond motifs is 1. The van der Waals surface area contributed by atoms with Crippen molar-refractivity contribution in [2.45, 2.75) is 13.8 Å². The van der Waals surface area contributed by atoms with Crippen LogP contribution >= 0.6 is 0 Å². The minimum Gasteiger partial charge on any atom is -0.463 e. The van der Waals surface area contributed by atoms with Crippen LogP contribution in [0.2, 0.25) is 0 Å². The van der Waals surface area contributed by atoms with Crippen molar-refractivity contribution in [2.75, 3.05) is 6.61 Å². The zero-order valence-electron chi connectivity index (χ0n) is 15.4. The van der Waals surface area contributed by atoms with Crippen LogP contribution in [0.5, 0.6) is 0 Å². The summed E-state index contributed by atoms with van der Waals surface area (Å²) in [5.41, 5.74) is 3.05. The van der Waals surface area contributed by atoms with Gasteiger partial charge in [0.05, 0.1) is 29.6 Å². The van der Waals surface area contributed by atoms with Gasteiger partial charge in [0.1, 0.15) is 0 Å². The average Bonchev–Trinajstić information content (AvgIpc) is 3.07. The molecule has 3 rings (SSSR count). The molecule has 27 heavy (non-hydrogen) atoms. The molecule has 1 amide bonds. The van der Waals surface area contributed by atoms with Crippen LogP contribution in [-0.4, -0.2) is 33.2 Å². The number of carbonyl (C=O) groups excluding carboxylic acids is 2. The van der Waals surface area contributed by atoms with E-state index in [0.717, 1.165) is 10.9 Å². The fourth-order valence-electron chi connectivity index (χ4n) is 2.71. The number of aromatic nitrogens is 3. The Hall–Kier alpha value is -3.48. The van der Waals surface area contributed by atoms with Gasteiger partial charge in [0.2, 0.25) is 0 Å². The van der Waals surface area contributed by atoms with Gasteiger partial charge in [0.25, 0.3) is 5.91 Å². The summed E-state index contributed by atoms with van der Waals surface area (Å²) in [7, 11) is 1.82. The maximum Gasteiger partial charge on any atom is 0.332 e. The van der Waals surface area contributed by atoms with Crippen molar-refractivity contribution in [2.24, 2.45) is 7.05 Å². The van der Waals surface area contributed by atoms with Crippen molar-refractivity contribution in [1.82, 2.24) is 20.1 Å². The van der Waals surface area contributed by atoms with E-state index in [1.807, 2.05) is 37.5 Å². The van der Waals surface area contributed by atoms with Crippen LogP contribution in [0.4, 0.5) is 0 Å². The molecule has 7 heteroatoms. The normalized spacial score (nSPS) is 11.4. The summed E-state index contributed by atoms with van der Waals surface area (Å²) in [6.07, 6.45) is 4.79. The smallest absolute Gasteiger partial charge is 0.332 e. The summed E-state index contributed by atoms with van der Waals surface area (Å²) in [6, 6.07) is 9.15. The molecule has 0 spiro atoms. The van der Waals surface area contributed by atoms with Crippen LogP contribution in [0.1, 0.15) is 24.2 Å². The third kappa shape index (κ3) is 4.20. The third-order valence-electron chi connectivity index (χ3n) is 3.89. The topological polar surface area (TPSA) is 86.1 Å². The zero-order valence-corrected chi connectivity index (χ0v) is 15.4. The molecule has 0 aliphatic heterocycles. The summed E-state index contributed by atoms with van der Waals surface area (Å²) in [5.74, 6) is -0.817. The molecule has 0 aliphatic carbocycles. The van der Waals surface area contributed by atoms with Crippen molar-refractivity contribution in [1.29, 1.82) is 0 Å². The Labute approximate surface area is 156 Å². The molecule has 0 fully saturated rings. The van der Waals surface area contributed by atoms with Crippen molar-refractivity contribution in [3.63, 3.8) is 0 Å². The molecule has 1 aromatic carbocycles. The highest BCUT2D eigenvalue weighted by Crippen LogP contribution is 2.24. The molecule has 0 saturated carbocycles. The SMILES string of the molecule is CCOC(=O)/C=C(\C)NC(=O)c1cc(-c2cnn(C)c2)nc2ccccc12. The second-order valence-electron chi connectivity index (χ2n) is 6.01. The number of allylic oxidation sites excluding steroid dienone is 1. The number of rotatable bonds is 5. The Kier molecular flexibility index (Phi) is 5.30. The number of ether oxygens (including phenoxy) is 1. The van der Waals surface area contributed by atoms with Crippen LogP contribution in [0.3, 0.4) is 0 Å². The lowest BCUT2D eigenvalue weighted by Crippen LogP contribution is -2.23. The Balaban J connectivity index is 1.99. The zero-order chi connectivity index (χ0) is 19.4. The minimum atomic E-state index is -0.495. The number of nitrogens with one attached hydrogen (secondary N) is 1. The Morgan fingerprint density at radius 3 is 2.78 bits per heavy atom. The van der Waals surface area contributed by atoms with Gasteiger partial charge in [0.15, 0.2) is 0 Å². The number of hydrogen-bond acceptors (Lipinski definition) is 5. The van der Waals surface area contributed by atoms with E-state index in [4.69, 9.17) is 4.74 Å². The molecular weight excluding hydrogens is 344 g/mol. The lowest BCUT2D eigenvalue weighted by molar-refractivity contribution is -0.137. The highest BCUT2D eigenvalue weighted by atomic mass is 16.5. The Bertz CT molecular complexity index is 1040. The number of benzene rings is 1. The van der Waals surface area contributed by atoms with Gasteiger partial charge >= 0.3 is 5.97 Å². The molecule has 0 aliphatic rings. The predicted molar refractivity (Wildman–Crippen MR) is 102 cm³/mol. The van der Waals surface area contributed by atoms with Gasteiger partial charge < -0.3 is 10.1 Å². The van der Waals surface area contributed by atoms with Crippen molar-refractivity contribution >= 4 is 22.8 Å². The lowest BCUT2D eigenvalue weighted by Gasteiger charge is -2.10. The van der Waals surface area contributed by atoms with E-state index in [2.05, 4.69) is 15.4 Å². The van der Waals surface area contributed by atoms with E-state index < -0.39 is 5.97 Å². The van der Waals surface area contributed by atoms with Gasteiger partial charge in [-0.15, -0.1) is 0 Å². The number of para-hydroxylation sites is 1. The number of pyridine rings is 1. The molecule has 0 radical (unpaired) electrons. The van der Waals surface area contributed by atoms with Gasteiger partial charge in [0, 0.05) is 36.0 Å². The van der Waals surface area contributed by atoms with Crippen LogP contribution in [-0.2, 0) is 16.6 Å². The van der Waals surface area contributed by atoms with E-state index in [0.29, 0.717) is 22.5 Å². The number of carbonyl (C=O) groups is 2. The standard InChI is InChI=1S/C20H20N4O3/c1-4-27-19(25)9-13(2)22-20(26)16-10-18(14-11-21-24(3)12-14)23-17-8-6-5-7-15(16)17/h5-12H,4H2,1-3H3,(H,22,26)/b13-9+. The number of nitrogens with zero attached hydrogens (tertiary/aromatic N) is 3. The number of esters is 1. The molecule has 3 aromatic rings. The third-order valence-corrected chi connectivity index (χ3v) is 3.89. The number of amides is 1. The first-order valence-electron chi connectivity index (χ1n) is 8.53. The van der Waals surface area contributed by atoms with E-state index in [-0.39, 0.29) is 12.5 Å². The van der Waals surface area contributed by atoms with Crippen LogP contribution < -0.4 is 5.32 Å². The molecule has 1 N–H and O–H groups in total. The fraction of sp³-hybridized carbons (Fsp3) is 0.200. The van der Waals surface area contributed by atoms with Crippen molar-refractivity contribution in [3.8, 4) is 11.3 Å². The number of aryl methyl sites for hydroxylation is 1. The van der Waals surface area contributed by atoms with E-state index in [1.165, 1.54) is 6.08 Å².